The van der Waals surface area contributed by atoms with Crippen molar-refractivity contribution in [1.82, 2.24) is 10.2 Å². The zero-order valence-corrected chi connectivity index (χ0v) is 16.0. The third kappa shape index (κ3) is 6.01. The molecule has 2 rings (SSSR count). The Morgan fingerprint density at radius 2 is 1.84 bits per heavy atom. The van der Waals surface area contributed by atoms with Gasteiger partial charge in [-0.1, -0.05) is 50.4 Å². The normalized spacial score (nSPS) is 23.3. The summed E-state index contributed by atoms with van der Waals surface area (Å²) in [5.41, 5.74) is 0.581. The van der Waals surface area contributed by atoms with Gasteiger partial charge in [0.25, 0.3) is 0 Å². The number of carbonyl (C=O) groups excluding carboxylic acids is 2. The van der Waals surface area contributed by atoms with E-state index < -0.39 is 0 Å². The molecule has 2 amide bonds. The number of anilines is 1. The van der Waals surface area contributed by atoms with Crippen molar-refractivity contribution in [2.75, 3.05) is 25.5 Å². The summed E-state index contributed by atoms with van der Waals surface area (Å²) in [7, 11) is 1.76. The first-order chi connectivity index (χ1) is 11.9. The minimum absolute atomic E-state index is 0.0287. The van der Waals surface area contributed by atoms with Crippen LogP contribution in [0.4, 0.5) is 5.69 Å². The Balaban J connectivity index is 1.77. The Labute approximate surface area is 155 Å². The number of halogens is 1. The molecule has 0 spiro atoms. The van der Waals surface area contributed by atoms with Crippen molar-refractivity contribution in [3.05, 3.63) is 29.3 Å². The molecule has 1 aromatic carbocycles. The average Bonchev–Trinajstić information content (AvgIpc) is 2.53. The van der Waals surface area contributed by atoms with Crippen LogP contribution in [0.25, 0.3) is 0 Å². The van der Waals surface area contributed by atoms with Gasteiger partial charge in [-0.25, -0.2) is 0 Å². The number of rotatable bonds is 6. The van der Waals surface area contributed by atoms with Crippen molar-refractivity contribution in [3.8, 4) is 0 Å². The van der Waals surface area contributed by atoms with Crippen LogP contribution in [0.1, 0.15) is 33.1 Å². The summed E-state index contributed by atoms with van der Waals surface area (Å²) in [6.07, 6.45) is 3.43. The summed E-state index contributed by atoms with van der Waals surface area (Å²) in [4.78, 5) is 26.1. The molecule has 1 aliphatic carbocycles. The molecule has 0 radical (unpaired) electrons. The molecule has 138 valence electrons. The SMILES string of the molecule is C[C@@H]1[C@H](C)CCC[C@H]1NC(=O)CN(C)CC(=O)Nc1ccccc1Cl. The number of benzene rings is 1. The zero-order valence-electron chi connectivity index (χ0n) is 15.2. The molecular weight excluding hydrogens is 338 g/mol. The lowest BCUT2D eigenvalue weighted by atomic mass is 9.78. The van der Waals surface area contributed by atoms with Gasteiger partial charge in [0, 0.05) is 6.04 Å². The minimum Gasteiger partial charge on any atom is -0.352 e. The summed E-state index contributed by atoms with van der Waals surface area (Å²) < 4.78 is 0. The molecule has 0 bridgehead atoms. The molecule has 0 aromatic heterocycles. The number of nitrogens with zero attached hydrogens (tertiary/aromatic N) is 1. The van der Waals surface area contributed by atoms with Crippen LogP contribution in [0.15, 0.2) is 24.3 Å². The first-order valence-corrected chi connectivity index (χ1v) is 9.27. The van der Waals surface area contributed by atoms with E-state index in [2.05, 4.69) is 24.5 Å². The van der Waals surface area contributed by atoms with Gasteiger partial charge >= 0.3 is 0 Å². The van der Waals surface area contributed by atoms with Crippen LogP contribution in [0, 0.1) is 11.8 Å². The molecule has 0 heterocycles. The Hall–Kier alpha value is -1.59. The number of hydrogen-bond acceptors (Lipinski definition) is 3. The lowest BCUT2D eigenvalue weighted by molar-refractivity contribution is -0.124. The molecule has 0 aliphatic heterocycles. The topological polar surface area (TPSA) is 61.4 Å². The number of nitrogens with one attached hydrogen (secondary N) is 2. The van der Waals surface area contributed by atoms with E-state index >= 15 is 0 Å². The van der Waals surface area contributed by atoms with E-state index in [0.29, 0.717) is 22.5 Å². The fourth-order valence-corrected chi connectivity index (χ4v) is 3.52. The molecule has 1 saturated carbocycles. The second-order valence-electron chi connectivity index (χ2n) is 7.14. The van der Waals surface area contributed by atoms with Crippen molar-refractivity contribution in [2.45, 2.75) is 39.2 Å². The Bertz CT molecular complexity index is 608. The van der Waals surface area contributed by atoms with E-state index in [4.69, 9.17) is 11.6 Å². The highest BCUT2D eigenvalue weighted by molar-refractivity contribution is 6.33. The van der Waals surface area contributed by atoms with E-state index in [1.165, 1.54) is 6.42 Å². The summed E-state index contributed by atoms with van der Waals surface area (Å²) in [5, 5.41) is 6.39. The van der Waals surface area contributed by atoms with Crippen molar-refractivity contribution in [1.29, 1.82) is 0 Å². The van der Waals surface area contributed by atoms with Gasteiger partial charge in [-0.15, -0.1) is 0 Å². The second kappa shape index (κ2) is 9.20. The maximum absolute atomic E-state index is 12.3. The van der Waals surface area contributed by atoms with E-state index in [1.54, 1.807) is 24.1 Å². The summed E-state index contributed by atoms with van der Waals surface area (Å²) in [6, 6.07) is 7.33. The molecule has 1 fully saturated rings. The van der Waals surface area contributed by atoms with Crippen LogP contribution in [0.2, 0.25) is 5.02 Å². The first kappa shape index (κ1) is 19.7. The number of carbonyl (C=O) groups is 2. The summed E-state index contributed by atoms with van der Waals surface area (Å²) in [5.74, 6) is 0.909. The van der Waals surface area contributed by atoms with Crippen LogP contribution in [0.5, 0.6) is 0 Å². The maximum Gasteiger partial charge on any atom is 0.238 e. The lowest BCUT2D eigenvalue weighted by Crippen LogP contribution is -2.47. The largest absolute Gasteiger partial charge is 0.352 e. The van der Waals surface area contributed by atoms with Crippen LogP contribution in [0.3, 0.4) is 0 Å². The van der Waals surface area contributed by atoms with Gasteiger partial charge in [-0.05, 0) is 37.4 Å². The molecule has 2 N–H and O–H groups in total. The molecule has 0 unspecified atom stereocenters. The third-order valence-corrected chi connectivity index (χ3v) is 5.36. The number of para-hydroxylation sites is 1. The van der Waals surface area contributed by atoms with Gasteiger partial charge in [0.15, 0.2) is 0 Å². The standard InChI is InChI=1S/C19H28ClN3O2/c1-13-7-6-10-16(14(13)2)21-18(24)11-23(3)12-19(25)22-17-9-5-4-8-15(17)20/h4-5,8-9,13-14,16H,6-7,10-12H2,1-3H3,(H,21,24)(H,22,25)/t13-,14-,16-/m1/s1. The van der Waals surface area contributed by atoms with Crippen molar-refractivity contribution < 1.29 is 9.59 Å². The van der Waals surface area contributed by atoms with E-state index in [0.717, 1.165) is 12.8 Å². The lowest BCUT2D eigenvalue weighted by Gasteiger charge is -2.34. The second-order valence-corrected chi connectivity index (χ2v) is 7.55. The third-order valence-electron chi connectivity index (χ3n) is 5.03. The highest BCUT2D eigenvalue weighted by Crippen LogP contribution is 2.29. The maximum atomic E-state index is 12.3. The van der Waals surface area contributed by atoms with Crippen molar-refractivity contribution in [3.63, 3.8) is 0 Å². The van der Waals surface area contributed by atoms with Gasteiger partial charge in [0.05, 0.1) is 23.8 Å². The monoisotopic (exact) mass is 365 g/mol. The predicted octanol–water partition coefficient (Wildman–Crippen LogP) is 3.15. The predicted molar refractivity (Wildman–Crippen MR) is 102 cm³/mol. The van der Waals surface area contributed by atoms with Crippen LogP contribution in [-0.2, 0) is 9.59 Å². The van der Waals surface area contributed by atoms with Crippen LogP contribution < -0.4 is 10.6 Å². The van der Waals surface area contributed by atoms with Gasteiger partial charge in [0.1, 0.15) is 0 Å². The van der Waals surface area contributed by atoms with E-state index in [-0.39, 0.29) is 30.9 Å². The van der Waals surface area contributed by atoms with Crippen molar-refractivity contribution >= 4 is 29.1 Å². The molecule has 3 atom stereocenters. The fourth-order valence-electron chi connectivity index (χ4n) is 3.34. The number of hydrogen-bond donors (Lipinski definition) is 2. The highest BCUT2D eigenvalue weighted by atomic mass is 35.5. The highest BCUT2D eigenvalue weighted by Gasteiger charge is 2.28. The first-order valence-electron chi connectivity index (χ1n) is 8.89. The fraction of sp³-hybridized carbons (Fsp3) is 0.579. The Kier molecular flexibility index (Phi) is 7.26. The van der Waals surface area contributed by atoms with Gasteiger partial charge in [-0.3, -0.25) is 14.5 Å². The average molecular weight is 366 g/mol. The molecular formula is C19H28ClN3O2. The minimum atomic E-state index is -0.192. The molecule has 1 aromatic rings. The Morgan fingerprint density at radius 3 is 2.56 bits per heavy atom. The number of likely N-dealkylation sites (N-methyl/N-ethyl adjacent to an activating group) is 1. The summed E-state index contributed by atoms with van der Waals surface area (Å²) >= 11 is 6.03. The molecule has 1 aliphatic rings. The molecule has 0 saturated heterocycles. The van der Waals surface area contributed by atoms with E-state index in [9.17, 15) is 9.59 Å². The quantitative estimate of drug-likeness (QED) is 0.814. The van der Waals surface area contributed by atoms with E-state index in [1.807, 2.05) is 12.1 Å². The van der Waals surface area contributed by atoms with Gasteiger partial charge < -0.3 is 10.6 Å². The zero-order chi connectivity index (χ0) is 18.4. The molecule has 5 nitrogen and oxygen atoms in total. The van der Waals surface area contributed by atoms with Crippen molar-refractivity contribution in [2.24, 2.45) is 11.8 Å². The smallest absolute Gasteiger partial charge is 0.238 e. The van der Waals surface area contributed by atoms with Gasteiger partial charge in [-0.2, -0.15) is 0 Å². The van der Waals surface area contributed by atoms with Gasteiger partial charge in [0.2, 0.25) is 11.8 Å². The molecule has 25 heavy (non-hydrogen) atoms. The summed E-state index contributed by atoms with van der Waals surface area (Å²) in [6.45, 7) is 4.78. The van der Waals surface area contributed by atoms with Crippen LogP contribution >= 0.6 is 11.6 Å². The number of amides is 2. The van der Waals surface area contributed by atoms with Crippen LogP contribution in [-0.4, -0.2) is 42.9 Å². The molecule has 6 heteroatoms. The Morgan fingerprint density at radius 1 is 1.16 bits per heavy atom.